The Hall–Kier alpha value is -0.930. The standard InChI is InChI=1S/C11H14ClNO2/c1-2-8-7(3-4-13)5-9-11(10(8)12)15-6-14-9/h5H,2-4,6,13H2,1H3. The third-order valence-electron chi connectivity index (χ3n) is 2.57. The van der Waals surface area contributed by atoms with Gasteiger partial charge >= 0.3 is 0 Å². The lowest BCUT2D eigenvalue weighted by molar-refractivity contribution is 0.174. The zero-order valence-electron chi connectivity index (χ0n) is 8.68. The number of nitrogens with two attached hydrogens (primary N) is 1. The zero-order valence-corrected chi connectivity index (χ0v) is 9.43. The molecule has 1 aliphatic rings. The summed E-state index contributed by atoms with van der Waals surface area (Å²) < 4.78 is 10.6. The maximum absolute atomic E-state index is 6.25. The average Bonchev–Trinajstić information content (AvgIpc) is 2.67. The smallest absolute Gasteiger partial charge is 0.231 e. The highest BCUT2D eigenvalue weighted by Crippen LogP contribution is 2.42. The predicted molar refractivity (Wildman–Crippen MR) is 59.7 cm³/mol. The SMILES string of the molecule is CCc1c(CCN)cc2c(c1Cl)OCO2. The van der Waals surface area contributed by atoms with Crippen LogP contribution in [0.15, 0.2) is 6.07 Å². The minimum atomic E-state index is 0.254. The van der Waals surface area contributed by atoms with Crippen LogP contribution in [0.25, 0.3) is 0 Å². The summed E-state index contributed by atoms with van der Waals surface area (Å²) in [6.45, 7) is 2.94. The molecule has 0 fully saturated rings. The Morgan fingerprint density at radius 1 is 1.47 bits per heavy atom. The van der Waals surface area contributed by atoms with Crippen molar-refractivity contribution in [1.82, 2.24) is 0 Å². The van der Waals surface area contributed by atoms with E-state index < -0.39 is 0 Å². The van der Waals surface area contributed by atoms with E-state index in [2.05, 4.69) is 6.92 Å². The Bertz CT molecular complexity index is 379. The number of hydrogen-bond acceptors (Lipinski definition) is 3. The van der Waals surface area contributed by atoms with Gasteiger partial charge in [-0.15, -0.1) is 0 Å². The van der Waals surface area contributed by atoms with Gasteiger partial charge in [-0.3, -0.25) is 0 Å². The van der Waals surface area contributed by atoms with Gasteiger partial charge in [0.1, 0.15) is 0 Å². The fourth-order valence-electron chi connectivity index (χ4n) is 1.85. The van der Waals surface area contributed by atoms with Crippen molar-refractivity contribution in [3.8, 4) is 11.5 Å². The predicted octanol–water partition coefficient (Wildman–Crippen LogP) is 2.13. The molecule has 1 aromatic carbocycles. The van der Waals surface area contributed by atoms with Crippen molar-refractivity contribution in [1.29, 1.82) is 0 Å². The van der Waals surface area contributed by atoms with Crippen LogP contribution in [0.4, 0.5) is 0 Å². The second-order valence-corrected chi connectivity index (χ2v) is 3.83. The molecule has 4 heteroatoms. The van der Waals surface area contributed by atoms with Crippen molar-refractivity contribution in [3.63, 3.8) is 0 Å². The topological polar surface area (TPSA) is 44.5 Å². The van der Waals surface area contributed by atoms with E-state index in [-0.39, 0.29) is 6.79 Å². The summed E-state index contributed by atoms with van der Waals surface area (Å²) in [6, 6.07) is 1.99. The first-order valence-electron chi connectivity index (χ1n) is 5.07. The highest BCUT2D eigenvalue weighted by Gasteiger charge is 2.21. The summed E-state index contributed by atoms with van der Waals surface area (Å²) in [6.07, 6.45) is 1.70. The number of ether oxygens (including phenoxy) is 2. The molecular weight excluding hydrogens is 214 g/mol. The van der Waals surface area contributed by atoms with Crippen LogP contribution in [0.1, 0.15) is 18.1 Å². The van der Waals surface area contributed by atoms with Crippen molar-refractivity contribution < 1.29 is 9.47 Å². The first kappa shape index (κ1) is 10.6. The molecule has 0 radical (unpaired) electrons. The largest absolute Gasteiger partial charge is 0.454 e. The summed E-state index contributed by atoms with van der Waals surface area (Å²) in [7, 11) is 0. The second kappa shape index (κ2) is 4.29. The Balaban J connectivity index is 2.51. The van der Waals surface area contributed by atoms with Gasteiger partial charge in [-0.1, -0.05) is 18.5 Å². The van der Waals surface area contributed by atoms with Crippen LogP contribution in [-0.4, -0.2) is 13.3 Å². The van der Waals surface area contributed by atoms with Gasteiger partial charge in [-0.05, 0) is 36.6 Å². The number of halogens is 1. The highest BCUT2D eigenvalue weighted by atomic mass is 35.5. The summed E-state index contributed by atoms with van der Waals surface area (Å²) in [5.41, 5.74) is 7.84. The molecule has 15 heavy (non-hydrogen) atoms. The highest BCUT2D eigenvalue weighted by molar-refractivity contribution is 6.33. The first-order valence-corrected chi connectivity index (χ1v) is 5.45. The van der Waals surface area contributed by atoms with Crippen molar-refractivity contribution in [3.05, 3.63) is 22.2 Å². The molecule has 0 unspecified atom stereocenters. The van der Waals surface area contributed by atoms with Crippen LogP contribution in [0.3, 0.4) is 0 Å². The molecule has 3 nitrogen and oxygen atoms in total. The molecule has 1 aliphatic heterocycles. The van der Waals surface area contributed by atoms with Gasteiger partial charge in [-0.25, -0.2) is 0 Å². The van der Waals surface area contributed by atoms with E-state index in [1.54, 1.807) is 0 Å². The van der Waals surface area contributed by atoms with Crippen LogP contribution in [-0.2, 0) is 12.8 Å². The third kappa shape index (κ3) is 1.77. The lowest BCUT2D eigenvalue weighted by atomic mass is 10.0. The average molecular weight is 228 g/mol. The molecule has 0 spiro atoms. The normalized spacial score (nSPS) is 13.3. The van der Waals surface area contributed by atoms with Crippen LogP contribution in [0, 0.1) is 0 Å². The van der Waals surface area contributed by atoms with Crippen molar-refractivity contribution in [2.24, 2.45) is 5.73 Å². The molecule has 1 heterocycles. The molecular formula is C11H14ClNO2. The molecule has 2 N–H and O–H groups in total. The van der Waals surface area contributed by atoms with E-state index in [0.717, 1.165) is 29.7 Å². The molecule has 0 aliphatic carbocycles. The van der Waals surface area contributed by atoms with Gasteiger partial charge in [0.25, 0.3) is 0 Å². The number of fused-ring (bicyclic) bond motifs is 1. The minimum absolute atomic E-state index is 0.254. The van der Waals surface area contributed by atoms with Gasteiger partial charge in [0.15, 0.2) is 11.5 Å². The van der Waals surface area contributed by atoms with E-state index in [0.29, 0.717) is 17.3 Å². The number of rotatable bonds is 3. The van der Waals surface area contributed by atoms with E-state index in [1.165, 1.54) is 0 Å². The van der Waals surface area contributed by atoms with Gasteiger partial charge in [0.2, 0.25) is 6.79 Å². The molecule has 0 saturated heterocycles. The third-order valence-corrected chi connectivity index (χ3v) is 2.97. The Morgan fingerprint density at radius 3 is 2.93 bits per heavy atom. The maximum Gasteiger partial charge on any atom is 0.231 e. The summed E-state index contributed by atoms with van der Waals surface area (Å²) >= 11 is 6.25. The zero-order chi connectivity index (χ0) is 10.8. The van der Waals surface area contributed by atoms with Crippen molar-refractivity contribution >= 4 is 11.6 Å². The summed E-state index contributed by atoms with van der Waals surface area (Å²) in [5.74, 6) is 1.41. The van der Waals surface area contributed by atoms with Crippen molar-refractivity contribution in [2.45, 2.75) is 19.8 Å². The van der Waals surface area contributed by atoms with Gasteiger partial charge < -0.3 is 15.2 Å². The van der Waals surface area contributed by atoms with Gasteiger partial charge in [0.05, 0.1) is 5.02 Å². The Morgan fingerprint density at radius 2 is 2.27 bits per heavy atom. The molecule has 0 saturated carbocycles. The quantitative estimate of drug-likeness (QED) is 0.861. The van der Waals surface area contributed by atoms with E-state index in [1.807, 2.05) is 6.07 Å². The van der Waals surface area contributed by atoms with E-state index in [9.17, 15) is 0 Å². The summed E-state index contributed by atoms with van der Waals surface area (Å²) in [4.78, 5) is 0. The number of hydrogen-bond donors (Lipinski definition) is 1. The van der Waals surface area contributed by atoms with Gasteiger partial charge in [-0.2, -0.15) is 0 Å². The first-order chi connectivity index (χ1) is 7.27. The van der Waals surface area contributed by atoms with Crippen LogP contribution in [0.5, 0.6) is 11.5 Å². The fraction of sp³-hybridized carbons (Fsp3) is 0.455. The maximum atomic E-state index is 6.25. The molecule has 0 aromatic heterocycles. The van der Waals surface area contributed by atoms with Crippen LogP contribution in [0.2, 0.25) is 5.02 Å². The second-order valence-electron chi connectivity index (χ2n) is 3.45. The minimum Gasteiger partial charge on any atom is -0.454 e. The summed E-state index contributed by atoms with van der Waals surface area (Å²) in [5, 5.41) is 0.677. The molecule has 0 atom stereocenters. The fourth-order valence-corrected chi connectivity index (χ4v) is 2.25. The molecule has 0 bridgehead atoms. The number of benzene rings is 1. The van der Waals surface area contributed by atoms with E-state index in [4.69, 9.17) is 26.8 Å². The molecule has 82 valence electrons. The van der Waals surface area contributed by atoms with Crippen molar-refractivity contribution in [2.75, 3.05) is 13.3 Å². The Kier molecular flexibility index (Phi) is 3.03. The lowest BCUT2D eigenvalue weighted by Gasteiger charge is -2.11. The van der Waals surface area contributed by atoms with E-state index >= 15 is 0 Å². The van der Waals surface area contributed by atoms with Gasteiger partial charge in [0, 0.05) is 0 Å². The lowest BCUT2D eigenvalue weighted by Crippen LogP contribution is -2.05. The van der Waals surface area contributed by atoms with Crippen LogP contribution < -0.4 is 15.2 Å². The van der Waals surface area contributed by atoms with Crippen LogP contribution >= 0.6 is 11.6 Å². The molecule has 0 amide bonds. The molecule has 2 rings (SSSR count). The monoisotopic (exact) mass is 227 g/mol. The molecule has 1 aromatic rings. The Labute approximate surface area is 94.1 Å².